The van der Waals surface area contributed by atoms with Gasteiger partial charge in [0.25, 0.3) is 5.91 Å². The summed E-state index contributed by atoms with van der Waals surface area (Å²) in [6, 6.07) is 0. The maximum Gasteiger partial charge on any atom is 0.273 e. The van der Waals surface area contributed by atoms with Crippen molar-refractivity contribution in [2.45, 2.75) is 33.4 Å². The Kier molecular flexibility index (Phi) is 6.11. The van der Waals surface area contributed by atoms with Gasteiger partial charge in [-0.1, -0.05) is 12.1 Å². The normalized spacial score (nSPS) is 15.4. The fourth-order valence-electron chi connectivity index (χ4n) is 2.87. The molecule has 0 unspecified atom stereocenters. The van der Waals surface area contributed by atoms with Crippen LogP contribution in [0.25, 0.3) is 0 Å². The Balaban J connectivity index is 1.50. The highest BCUT2D eigenvalue weighted by molar-refractivity contribution is 7.11. The van der Waals surface area contributed by atoms with Crippen molar-refractivity contribution in [3.63, 3.8) is 0 Å². The Morgan fingerprint density at radius 3 is 2.92 bits per heavy atom. The van der Waals surface area contributed by atoms with Gasteiger partial charge in [-0.05, 0) is 13.3 Å². The fraction of sp³-hybridized carbons (Fsp3) is 0.625. The van der Waals surface area contributed by atoms with Gasteiger partial charge in [-0.25, -0.2) is 4.98 Å². The molecule has 25 heavy (non-hydrogen) atoms. The maximum absolute atomic E-state index is 12.3. The van der Waals surface area contributed by atoms with Crippen molar-refractivity contribution < 1.29 is 4.79 Å². The molecule has 0 saturated carbocycles. The van der Waals surface area contributed by atoms with Gasteiger partial charge in [-0.2, -0.15) is 0 Å². The van der Waals surface area contributed by atoms with Crippen LogP contribution in [0.15, 0.2) is 6.20 Å². The number of aromatic nitrogens is 4. The van der Waals surface area contributed by atoms with Crippen LogP contribution in [0, 0.1) is 6.92 Å². The Bertz CT molecular complexity index is 705. The molecule has 2 N–H and O–H groups in total. The van der Waals surface area contributed by atoms with E-state index in [4.69, 9.17) is 0 Å². The fourth-order valence-corrected chi connectivity index (χ4v) is 3.83. The first kappa shape index (κ1) is 18.0. The van der Waals surface area contributed by atoms with Gasteiger partial charge < -0.3 is 10.6 Å². The number of aryl methyl sites for hydroxylation is 2. The number of rotatable bonds is 7. The summed E-state index contributed by atoms with van der Waals surface area (Å²) in [6.45, 7) is 10.4. The van der Waals surface area contributed by atoms with Crippen LogP contribution >= 0.6 is 11.3 Å². The highest BCUT2D eigenvalue weighted by Gasteiger charge is 2.14. The third-order valence-electron chi connectivity index (χ3n) is 4.26. The van der Waals surface area contributed by atoms with E-state index in [-0.39, 0.29) is 5.91 Å². The van der Waals surface area contributed by atoms with Crippen molar-refractivity contribution in [3.8, 4) is 0 Å². The average molecular weight is 363 g/mol. The van der Waals surface area contributed by atoms with Crippen molar-refractivity contribution in [2.24, 2.45) is 0 Å². The van der Waals surface area contributed by atoms with Crippen molar-refractivity contribution in [2.75, 3.05) is 32.7 Å². The number of carbonyl (C=O) groups excluding carboxylic acids is 1. The largest absolute Gasteiger partial charge is 0.346 e. The first-order valence-electron chi connectivity index (χ1n) is 8.72. The zero-order valence-electron chi connectivity index (χ0n) is 14.8. The summed E-state index contributed by atoms with van der Waals surface area (Å²) in [7, 11) is 0. The molecule has 3 heterocycles. The predicted molar refractivity (Wildman–Crippen MR) is 96.7 cm³/mol. The van der Waals surface area contributed by atoms with Gasteiger partial charge in [0.15, 0.2) is 5.69 Å². The molecule has 1 aliphatic rings. The molecule has 9 heteroatoms. The van der Waals surface area contributed by atoms with E-state index in [1.165, 1.54) is 0 Å². The minimum Gasteiger partial charge on any atom is -0.346 e. The minimum atomic E-state index is -0.193. The Morgan fingerprint density at radius 1 is 1.36 bits per heavy atom. The van der Waals surface area contributed by atoms with Crippen molar-refractivity contribution in [1.29, 1.82) is 0 Å². The van der Waals surface area contributed by atoms with Crippen LogP contribution in [-0.2, 0) is 19.5 Å². The van der Waals surface area contributed by atoms with Gasteiger partial charge in [0, 0.05) is 37.6 Å². The van der Waals surface area contributed by atoms with Crippen LogP contribution in [0.5, 0.6) is 0 Å². The number of carbonyl (C=O) groups is 1. The molecule has 2 aromatic rings. The van der Waals surface area contributed by atoms with Gasteiger partial charge in [0.1, 0.15) is 0 Å². The Labute approximate surface area is 151 Å². The zero-order chi connectivity index (χ0) is 17.6. The lowest BCUT2D eigenvalue weighted by molar-refractivity contribution is 0.0946. The molecule has 0 radical (unpaired) electrons. The van der Waals surface area contributed by atoms with Gasteiger partial charge in [0.2, 0.25) is 0 Å². The number of thiazole rings is 1. The first-order valence-corrected chi connectivity index (χ1v) is 9.54. The molecule has 0 aromatic carbocycles. The highest BCUT2D eigenvalue weighted by atomic mass is 32.1. The molecular weight excluding hydrogens is 338 g/mol. The van der Waals surface area contributed by atoms with Gasteiger partial charge in [-0.3, -0.25) is 14.4 Å². The molecule has 0 atom stereocenters. The first-order chi connectivity index (χ1) is 12.2. The minimum absolute atomic E-state index is 0.193. The second kappa shape index (κ2) is 8.50. The summed E-state index contributed by atoms with van der Waals surface area (Å²) in [5.41, 5.74) is 1.42. The number of amides is 1. The van der Waals surface area contributed by atoms with E-state index >= 15 is 0 Å². The second-order valence-corrected chi connectivity index (χ2v) is 7.39. The van der Waals surface area contributed by atoms with Gasteiger partial charge in [-0.15, -0.1) is 16.4 Å². The maximum atomic E-state index is 12.3. The molecule has 1 saturated heterocycles. The summed E-state index contributed by atoms with van der Waals surface area (Å²) in [5.74, 6) is -0.193. The summed E-state index contributed by atoms with van der Waals surface area (Å²) in [6.07, 6.45) is 2.59. The van der Waals surface area contributed by atoms with E-state index in [9.17, 15) is 4.79 Å². The van der Waals surface area contributed by atoms with Crippen molar-refractivity contribution in [3.05, 3.63) is 27.5 Å². The van der Waals surface area contributed by atoms with Crippen molar-refractivity contribution in [1.82, 2.24) is 35.5 Å². The molecule has 8 nitrogen and oxygen atoms in total. The monoisotopic (exact) mass is 363 g/mol. The molecule has 136 valence electrons. The number of hydrogen-bond donors (Lipinski definition) is 2. The van der Waals surface area contributed by atoms with Gasteiger partial charge in [0.05, 0.1) is 30.0 Å². The molecule has 0 bridgehead atoms. The molecule has 3 rings (SSSR count). The van der Waals surface area contributed by atoms with E-state index in [1.54, 1.807) is 22.2 Å². The standard InChI is InChI=1S/C16H25N7OS/c1-3-13-15(25-12(2)19-13)10-18-16(24)14-11-23(21-20-14)9-8-22-6-4-17-5-7-22/h11,17H,3-10H2,1-2H3,(H,18,24). The zero-order valence-corrected chi connectivity index (χ0v) is 15.6. The summed E-state index contributed by atoms with van der Waals surface area (Å²) in [5, 5.41) is 15.3. The lowest BCUT2D eigenvalue weighted by Crippen LogP contribution is -2.44. The van der Waals surface area contributed by atoms with E-state index in [0.29, 0.717) is 12.2 Å². The molecule has 0 spiro atoms. The van der Waals surface area contributed by atoms with Crippen LogP contribution in [0.4, 0.5) is 0 Å². The summed E-state index contributed by atoms with van der Waals surface area (Å²) < 4.78 is 1.74. The van der Waals surface area contributed by atoms with E-state index in [2.05, 4.69) is 37.8 Å². The molecule has 0 aliphatic carbocycles. The van der Waals surface area contributed by atoms with Crippen LogP contribution in [0.2, 0.25) is 0 Å². The molecular formula is C16H25N7OS. The summed E-state index contributed by atoms with van der Waals surface area (Å²) >= 11 is 1.63. The number of nitrogens with zero attached hydrogens (tertiary/aromatic N) is 5. The third kappa shape index (κ3) is 4.83. The topological polar surface area (TPSA) is 88.0 Å². The Hall–Kier alpha value is -1.84. The molecule has 1 aliphatic heterocycles. The van der Waals surface area contributed by atoms with Crippen LogP contribution in [-0.4, -0.2) is 63.5 Å². The van der Waals surface area contributed by atoms with Crippen LogP contribution in [0.3, 0.4) is 0 Å². The number of piperazine rings is 1. The number of hydrogen-bond acceptors (Lipinski definition) is 7. The molecule has 1 amide bonds. The van der Waals surface area contributed by atoms with Gasteiger partial charge >= 0.3 is 0 Å². The smallest absolute Gasteiger partial charge is 0.273 e. The SMILES string of the molecule is CCc1nc(C)sc1CNC(=O)c1cn(CCN2CCNCC2)nn1. The highest BCUT2D eigenvalue weighted by Crippen LogP contribution is 2.18. The summed E-state index contributed by atoms with van der Waals surface area (Å²) in [4.78, 5) is 20.3. The number of nitrogens with one attached hydrogen (secondary N) is 2. The second-order valence-electron chi connectivity index (χ2n) is 6.10. The average Bonchev–Trinajstić information content (AvgIpc) is 3.25. The van der Waals surface area contributed by atoms with Crippen LogP contribution in [0.1, 0.15) is 33.0 Å². The third-order valence-corrected chi connectivity index (χ3v) is 5.27. The lowest BCUT2D eigenvalue weighted by atomic mass is 10.3. The van der Waals surface area contributed by atoms with E-state index in [0.717, 1.165) is 61.3 Å². The molecule has 2 aromatic heterocycles. The lowest BCUT2D eigenvalue weighted by Gasteiger charge is -2.26. The Morgan fingerprint density at radius 2 is 2.16 bits per heavy atom. The molecule has 1 fully saturated rings. The van der Waals surface area contributed by atoms with E-state index in [1.807, 2.05) is 6.92 Å². The van der Waals surface area contributed by atoms with Crippen molar-refractivity contribution >= 4 is 17.2 Å². The quantitative estimate of drug-likeness (QED) is 0.742. The van der Waals surface area contributed by atoms with Crippen LogP contribution < -0.4 is 10.6 Å². The van der Waals surface area contributed by atoms with E-state index < -0.39 is 0 Å². The predicted octanol–water partition coefficient (Wildman–Crippen LogP) is 0.441.